The molecule has 0 aliphatic carbocycles. The number of carbonyl (C=O) groups excluding carboxylic acids is 1. The number of anilines is 1. The van der Waals surface area contributed by atoms with E-state index in [1.807, 2.05) is 6.92 Å². The molecular formula is C15H19FN4O2. The maximum atomic E-state index is 13.4. The molecule has 2 rings (SSSR count). The first-order chi connectivity index (χ1) is 10.6. The van der Waals surface area contributed by atoms with E-state index in [0.717, 1.165) is 0 Å². The molecular weight excluding hydrogens is 287 g/mol. The molecule has 0 fully saturated rings. The van der Waals surface area contributed by atoms with E-state index < -0.39 is 18.0 Å². The zero-order chi connectivity index (χ0) is 15.9. The van der Waals surface area contributed by atoms with Crippen LogP contribution >= 0.6 is 0 Å². The van der Waals surface area contributed by atoms with Gasteiger partial charge in [-0.15, -0.1) is 0 Å². The van der Waals surface area contributed by atoms with Crippen LogP contribution in [0.15, 0.2) is 36.7 Å². The number of aromatic nitrogens is 2. The molecule has 118 valence electrons. The van der Waals surface area contributed by atoms with E-state index in [0.29, 0.717) is 30.8 Å². The Labute approximate surface area is 128 Å². The predicted molar refractivity (Wildman–Crippen MR) is 81.5 cm³/mol. The van der Waals surface area contributed by atoms with E-state index in [-0.39, 0.29) is 0 Å². The van der Waals surface area contributed by atoms with E-state index in [2.05, 4.69) is 15.7 Å². The Kier molecular flexibility index (Phi) is 5.48. The predicted octanol–water partition coefficient (Wildman–Crippen LogP) is 2.29. The second kappa shape index (κ2) is 7.56. The number of carbonyl (C=O) groups is 1. The number of hydrogen-bond acceptors (Lipinski definition) is 3. The number of aliphatic hydroxyl groups excluding tert-OH is 1. The van der Waals surface area contributed by atoms with Gasteiger partial charge in [-0.2, -0.15) is 5.10 Å². The van der Waals surface area contributed by atoms with Crippen molar-refractivity contribution < 1.29 is 14.3 Å². The third-order valence-corrected chi connectivity index (χ3v) is 3.19. The number of urea groups is 1. The quantitative estimate of drug-likeness (QED) is 0.766. The molecule has 0 spiro atoms. The Morgan fingerprint density at radius 3 is 3.00 bits per heavy atom. The summed E-state index contributed by atoms with van der Waals surface area (Å²) in [6.45, 7) is 2.21. The van der Waals surface area contributed by atoms with Crippen molar-refractivity contribution in [2.75, 3.05) is 11.9 Å². The third kappa shape index (κ3) is 4.29. The summed E-state index contributed by atoms with van der Waals surface area (Å²) in [5, 5.41) is 18.7. The van der Waals surface area contributed by atoms with E-state index in [4.69, 9.17) is 0 Å². The number of benzene rings is 1. The molecule has 0 saturated carbocycles. The van der Waals surface area contributed by atoms with Crippen molar-refractivity contribution in [2.45, 2.75) is 25.9 Å². The van der Waals surface area contributed by atoms with E-state index in [1.165, 1.54) is 16.8 Å². The maximum Gasteiger partial charge on any atom is 0.319 e. The average Bonchev–Trinajstić information content (AvgIpc) is 3.01. The summed E-state index contributed by atoms with van der Waals surface area (Å²) in [7, 11) is 0. The van der Waals surface area contributed by atoms with Crippen LogP contribution in [0, 0.1) is 5.82 Å². The molecule has 2 aromatic rings. The molecule has 1 heterocycles. The van der Waals surface area contributed by atoms with Crippen LogP contribution in [0.5, 0.6) is 0 Å². The van der Waals surface area contributed by atoms with Gasteiger partial charge in [0.05, 0.1) is 17.5 Å². The smallest absolute Gasteiger partial charge is 0.319 e. The molecule has 1 atom stereocenters. The Morgan fingerprint density at radius 2 is 2.32 bits per heavy atom. The SMILES string of the molecule is CCC(O)CCNC(=O)Nc1cc(F)ccc1-n1cccn1. The van der Waals surface area contributed by atoms with Crippen molar-refractivity contribution in [1.82, 2.24) is 15.1 Å². The lowest BCUT2D eigenvalue weighted by molar-refractivity contribution is 0.160. The summed E-state index contributed by atoms with van der Waals surface area (Å²) in [5.41, 5.74) is 0.882. The minimum absolute atomic E-state index is 0.317. The highest BCUT2D eigenvalue weighted by atomic mass is 19.1. The Hall–Kier alpha value is -2.41. The van der Waals surface area contributed by atoms with E-state index >= 15 is 0 Å². The van der Waals surface area contributed by atoms with Crippen molar-refractivity contribution in [3.8, 4) is 5.69 Å². The highest BCUT2D eigenvalue weighted by molar-refractivity contribution is 5.91. The van der Waals surface area contributed by atoms with Gasteiger partial charge in [-0.05, 0) is 37.1 Å². The van der Waals surface area contributed by atoms with Crippen LogP contribution in [-0.2, 0) is 0 Å². The number of amides is 2. The van der Waals surface area contributed by atoms with Crippen LogP contribution in [0.4, 0.5) is 14.9 Å². The zero-order valence-electron chi connectivity index (χ0n) is 12.3. The normalized spacial score (nSPS) is 12.0. The maximum absolute atomic E-state index is 13.4. The van der Waals surface area contributed by atoms with Crippen LogP contribution < -0.4 is 10.6 Å². The largest absolute Gasteiger partial charge is 0.393 e. The molecule has 1 aromatic heterocycles. The van der Waals surface area contributed by atoms with Crippen molar-refractivity contribution in [3.63, 3.8) is 0 Å². The molecule has 1 aromatic carbocycles. The lowest BCUT2D eigenvalue weighted by atomic mass is 10.2. The topological polar surface area (TPSA) is 79.2 Å². The van der Waals surface area contributed by atoms with Gasteiger partial charge in [-0.1, -0.05) is 6.92 Å². The zero-order valence-corrected chi connectivity index (χ0v) is 12.3. The van der Waals surface area contributed by atoms with E-state index in [9.17, 15) is 14.3 Å². The molecule has 3 N–H and O–H groups in total. The first-order valence-electron chi connectivity index (χ1n) is 7.12. The van der Waals surface area contributed by atoms with Gasteiger partial charge in [0.2, 0.25) is 0 Å². The first-order valence-corrected chi connectivity index (χ1v) is 7.12. The van der Waals surface area contributed by atoms with Gasteiger partial charge in [-0.3, -0.25) is 0 Å². The molecule has 2 amide bonds. The molecule has 1 unspecified atom stereocenters. The van der Waals surface area contributed by atoms with Gasteiger partial charge >= 0.3 is 6.03 Å². The highest BCUT2D eigenvalue weighted by Gasteiger charge is 2.10. The highest BCUT2D eigenvalue weighted by Crippen LogP contribution is 2.20. The van der Waals surface area contributed by atoms with Crippen LogP contribution in [-0.4, -0.2) is 33.6 Å². The molecule has 6 nitrogen and oxygen atoms in total. The second-order valence-corrected chi connectivity index (χ2v) is 4.84. The van der Waals surface area contributed by atoms with Crippen LogP contribution in [0.1, 0.15) is 19.8 Å². The molecule has 7 heteroatoms. The van der Waals surface area contributed by atoms with Gasteiger partial charge in [0, 0.05) is 18.9 Å². The van der Waals surface area contributed by atoms with Crippen LogP contribution in [0.3, 0.4) is 0 Å². The van der Waals surface area contributed by atoms with Crippen molar-refractivity contribution >= 4 is 11.7 Å². The Bertz CT molecular complexity index is 616. The number of nitrogens with zero attached hydrogens (tertiary/aromatic N) is 2. The van der Waals surface area contributed by atoms with E-state index in [1.54, 1.807) is 24.5 Å². The molecule has 0 radical (unpaired) electrons. The molecule has 0 aliphatic heterocycles. The third-order valence-electron chi connectivity index (χ3n) is 3.19. The number of nitrogens with one attached hydrogen (secondary N) is 2. The Balaban J connectivity index is 2.02. The lowest BCUT2D eigenvalue weighted by Crippen LogP contribution is -2.31. The van der Waals surface area contributed by atoms with Crippen molar-refractivity contribution in [2.24, 2.45) is 0 Å². The number of rotatable bonds is 6. The van der Waals surface area contributed by atoms with Gasteiger partial charge in [0.1, 0.15) is 5.82 Å². The fourth-order valence-electron chi connectivity index (χ4n) is 1.94. The average molecular weight is 306 g/mol. The minimum atomic E-state index is -0.456. The van der Waals surface area contributed by atoms with Crippen LogP contribution in [0.2, 0.25) is 0 Å². The summed E-state index contributed by atoms with van der Waals surface area (Å²) >= 11 is 0. The van der Waals surface area contributed by atoms with Crippen molar-refractivity contribution in [3.05, 3.63) is 42.5 Å². The van der Waals surface area contributed by atoms with Gasteiger partial charge in [0.25, 0.3) is 0 Å². The van der Waals surface area contributed by atoms with Gasteiger partial charge in [-0.25, -0.2) is 13.9 Å². The fourth-order valence-corrected chi connectivity index (χ4v) is 1.94. The number of aliphatic hydroxyl groups is 1. The van der Waals surface area contributed by atoms with Gasteiger partial charge < -0.3 is 15.7 Å². The number of hydrogen-bond donors (Lipinski definition) is 3. The standard InChI is InChI=1S/C15H19FN4O2/c1-2-12(21)6-8-17-15(22)19-13-10-11(16)4-5-14(13)20-9-3-7-18-20/h3-5,7,9-10,12,21H,2,6,8H2,1H3,(H2,17,19,22). The summed E-state index contributed by atoms with van der Waals surface area (Å²) in [5.74, 6) is -0.451. The number of halogens is 1. The summed E-state index contributed by atoms with van der Waals surface area (Å²) < 4.78 is 14.9. The molecule has 0 saturated heterocycles. The second-order valence-electron chi connectivity index (χ2n) is 4.84. The lowest BCUT2D eigenvalue weighted by Gasteiger charge is -2.13. The minimum Gasteiger partial charge on any atom is -0.393 e. The Morgan fingerprint density at radius 1 is 1.50 bits per heavy atom. The summed E-state index contributed by atoms with van der Waals surface area (Å²) in [6.07, 6.45) is 3.97. The molecule has 0 bridgehead atoms. The van der Waals surface area contributed by atoms with Gasteiger partial charge in [0.15, 0.2) is 0 Å². The van der Waals surface area contributed by atoms with Crippen molar-refractivity contribution in [1.29, 1.82) is 0 Å². The summed E-state index contributed by atoms with van der Waals surface area (Å²) in [4.78, 5) is 11.9. The molecule has 22 heavy (non-hydrogen) atoms. The van der Waals surface area contributed by atoms with Crippen LogP contribution in [0.25, 0.3) is 5.69 Å². The monoisotopic (exact) mass is 306 g/mol. The molecule has 0 aliphatic rings. The fraction of sp³-hybridized carbons (Fsp3) is 0.333. The first kappa shape index (κ1) is 16.0. The summed E-state index contributed by atoms with van der Waals surface area (Å²) in [6, 6.07) is 5.36.